The smallest absolute Gasteiger partial charge is 0.245 e. The molecule has 0 fully saturated rings. The zero-order valence-electron chi connectivity index (χ0n) is 8.66. The maximum absolute atomic E-state index is 11.2. The van der Waals surface area contributed by atoms with Crippen LogP contribution < -0.4 is 0 Å². The van der Waals surface area contributed by atoms with Gasteiger partial charge in [-0.15, -0.1) is 0 Å². The molecule has 0 bridgehead atoms. The molecule has 0 saturated heterocycles. The molecule has 0 heterocycles. The minimum atomic E-state index is -0.101. The summed E-state index contributed by atoms with van der Waals surface area (Å²) in [6, 6.07) is 0. The number of Topliss-reactive ketones (excluding diaryl/α,β-unsaturated/α-hetero) is 1. The second-order valence-electron chi connectivity index (χ2n) is 3.12. The maximum Gasteiger partial charge on any atom is 0.245 e. The van der Waals surface area contributed by atoms with Crippen LogP contribution in [0.4, 0.5) is 0 Å². The molecule has 1 amide bonds. The first-order valence-corrected chi connectivity index (χ1v) is 4.30. The molecule has 1 atom stereocenters. The van der Waals surface area contributed by atoms with E-state index in [0.29, 0.717) is 12.8 Å². The highest BCUT2D eigenvalue weighted by Gasteiger charge is 2.12. The van der Waals surface area contributed by atoms with E-state index in [1.165, 1.54) is 19.1 Å². The Bertz CT molecular complexity index is 191. The van der Waals surface area contributed by atoms with Gasteiger partial charge in [-0.3, -0.25) is 14.4 Å². The average molecular weight is 187 g/mol. The lowest BCUT2D eigenvalue weighted by Crippen LogP contribution is -2.25. The van der Waals surface area contributed by atoms with Crippen LogP contribution in [0, 0.1) is 5.92 Å². The van der Waals surface area contributed by atoms with E-state index in [9.17, 15) is 9.59 Å². The van der Waals surface area contributed by atoms with Gasteiger partial charge >= 0.3 is 0 Å². The molecule has 0 aromatic rings. The van der Waals surface area contributed by atoms with Crippen molar-refractivity contribution in [2.45, 2.75) is 26.7 Å². The Kier molecular flexibility index (Phi) is 5.30. The lowest BCUT2D eigenvalue weighted by Gasteiger charge is -2.14. The summed E-state index contributed by atoms with van der Waals surface area (Å²) in [5.74, 6) is -0.0299. The Morgan fingerprint density at radius 3 is 2.38 bits per heavy atom. The Morgan fingerprint density at radius 2 is 2.00 bits per heavy atom. The van der Waals surface area contributed by atoms with Gasteiger partial charge in [-0.1, -0.05) is 6.92 Å². The van der Waals surface area contributed by atoms with Crippen molar-refractivity contribution in [1.29, 1.82) is 0 Å². The third-order valence-electron chi connectivity index (χ3n) is 2.11. The third-order valence-corrected chi connectivity index (χ3v) is 2.11. The van der Waals surface area contributed by atoms with Gasteiger partial charge in [0.1, 0.15) is 5.78 Å². The Hall–Kier alpha value is -0.900. The van der Waals surface area contributed by atoms with Crippen LogP contribution in [0.2, 0.25) is 0 Å². The monoisotopic (exact) mass is 187 g/mol. The fourth-order valence-electron chi connectivity index (χ4n) is 0.803. The average Bonchev–Trinajstić information content (AvgIpc) is 2.11. The molecule has 0 aromatic heterocycles. The van der Waals surface area contributed by atoms with Crippen molar-refractivity contribution in [1.82, 2.24) is 5.06 Å². The zero-order chi connectivity index (χ0) is 10.4. The minimum absolute atomic E-state index is 0.0470. The van der Waals surface area contributed by atoms with Gasteiger partial charge in [0, 0.05) is 19.4 Å². The summed E-state index contributed by atoms with van der Waals surface area (Å²) >= 11 is 0. The number of amides is 1. The molecule has 0 aromatic carbocycles. The largest absolute Gasteiger partial charge is 0.300 e. The molecule has 4 nitrogen and oxygen atoms in total. The topological polar surface area (TPSA) is 46.6 Å². The number of ketones is 1. The molecular formula is C9H17NO3. The highest BCUT2D eigenvalue weighted by atomic mass is 16.7. The molecule has 0 rings (SSSR count). The molecule has 0 N–H and O–H groups in total. The molecule has 4 heteroatoms. The molecule has 0 radical (unpaired) electrons. The van der Waals surface area contributed by atoms with Gasteiger partial charge in [0.05, 0.1) is 7.11 Å². The molecular weight excluding hydrogens is 170 g/mol. The number of carbonyl (C=O) groups excluding carboxylic acids is 2. The summed E-state index contributed by atoms with van der Waals surface area (Å²) in [5, 5.41) is 1.17. The number of rotatable bonds is 5. The maximum atomic E-state index is 11.2. The van der Waals surface area contributed by atoms with Crippen LogP contribution >= 0.6 is 0 Å². The van der Waals surface area contributed by atoms with E-state index in [-0.39, 0.29) is 17.6 Å². The van der Waals surface area contributed by atoms with E-state index in [1.807, 2.05) is 6.92 Å². The van der Waals surface area contributed by atoms with Crippen molar-refractivity contribution in [2.75, 3.05) is 14.2 Å². The van der Waals surface area contributed by atoms with Crippen LogP contribution in [-0.2, 0) is 14.4 Å². The highest BCUT2D eigenvalue weighted by Crippen LogP contribution is 2.07. The number of hydroxylamine groups is 2. The third kappa shape index (κ3) is 4.62. The van der Waals surface area contributed by atoms with E-state index < -0.39 is 0 Å². The number of carbonyl (C=O) groups is 2. The lowest BCUT2D eigenvalue weighted by molar-refractivity contribution is -0.168. The molecule has 1 unspecified atom stereocenters. The van der Waals surface area contributed by atoms with Gasteiger partial charge in [-0.05, 0) is 13.3 Å². The lowest BCUT2D eigenvalue weighted by atomic mass is 10.0. The molecule has 0 saturated carbocycles. The van der Waals surface area contributed by atoms with Crippen LogP contribution in [0.25, 0.3) is 0 Å². The molecule has 0 aliphatic rings. The second kappa shape index (κ2) is 5.70. The standard InChI is InChI=1S/C9H17NO3/c1-7(8(2)11)5-6-9(12)10(3)13-4/h7H,5-6H2,1-4H3. The minimum Gasteiger partial charge on any atom is -0.300 e. The van der Waals surface area contributed by atoms with Crippen molar-refractivity contribution < 1.29 is 14.4 Å². The summed E-state index contributed by atoms with van der Waals surface area (Å²) in [6.45, 7) is 3.36. The summed E-state index contributed by atoms with van der Waals surface area (Å²) in [5.41, 5.74) is 0. The first kappa shape index (κ1) is 12.1. The summed E-state index contributed by atoms with van der Waals surface area (Å²) in [7, 11) is 2.99. The van der Waals surface area contributed by atoms with E-state index in [4.69, 9.17) is 4.84 Å². The first-order valence-electron chi connectivity index (χ1n) is 4.30. The molecule has 76 valence electrons. The summed E-state index contributed by atoms with van der Waals surface area (Å²) in [6.07, 6.45) is 0.937. The molecule has 13 heavy (non-hydrogen) atoms. The summed E-state index contributed by atoms with van der Waals surface area (Å²) < 4.78 is 0. The van der Waals surface area contributed by atoms with E-state index in [0.717, 1.165) is 0 Å². The first-order chi connectivity index (χ1) is 5.99. The van der Waals surface area contributed by atoms with Gasteiger partial charge in [0.25, 0.3) is 0 Å². The number of hydrogen-bond donors (Lipinski definition) is 0. The van der Waals surface area contributed by atoms with Gasteiger partial charge in [-0.25, -0.2) is 5.06 Å². The van der Waals surface area contributed by atoms with E-state index >= 15 is 0 Å². The predicted octanol–water partition coefficient (Wildman–Crippen LogP) is 1.01. The van der Waals surface area contributed by atoms with Crippen LogP contribution in [-0.4, -0.2) is 30.9 Å². The number of hydrogen-bond acceptors (Lipinski definition) is 3. The Balaban J connectivity index is 3.76. The second-order valence-corrected chi connectivity index (χ2v) is 3.12. The van der Waals surface area contributed by atoms with Crippen LogP contribution in [0.15, 0.2) is 0 Å². The van der Waals surface area contributed by atoms with Crippen LogP contribution in [0.1, 0.15) is 26.7 Å². The molecule has 0 aliphatic heterocycles. The van der Waals surface area contributed by atoms with Crippen molar-refractivity contribution in [3.63, 3.8) is 0 Å². The number of nitrogens with zero attached hydrogens (tertiary/aromatic N) is 1. The fourth-order valence-corrected chi connectivity index (χ4v) is 0.803. The van der Waals surface area contributed by atoms with Gasteiger partial charge in [-0.2, -0.15) is 0 Å². The highest BCUT2D eigenvalue weighted by molar-refractivity contribution is 5.79. The van der Waals surface area contributed by atoms with E-state index in [1.54, 1.807) is 7.05 Å². The van der Waals surface area contributed by atoms with Gasteiger partial charge < -0.3 is 0 Å². The van der Waals surface area contributed by atoms with E-state index in [2.05, 4.69) is 0 Å². The van der Waals surface area contributed by atoms with Crippen molar-refractivity contribution in [3.8, 4) is 0 Å². The molecule has 0 aliphatic carbocycles. The van der Waals surface area contributed by atoms with Crippen molar-refractivity contribution in [3.05, 3.63) is 0 Å². The van der Waals surface area contributed by atoms with Gasteiger partial charge in [0.2, 0.25) is 5.91 Å². The van der Waals surface area contributed by atoms with Crippen molar-refractivity contribution in [2.24, 2.45) is 5.92 Å². The van der Waals surface area contributed by atoms with Crippen LogP contribution in [0.5, 0.6) is 0 Å². The predicted molar refractivity (Wildman–Crippen MR) is 48.9 cm³/mol. The van der Waals surface area contributed by atoms with Gasteiger partial charge in [0.15, 0.2) is 0 Å². The normalized spacial score (nSPS) is 12.3. The Labute approximate surface area is 78.8 Å². The Morgan fingerprint density at radius 1 is 1.46 bits per heavy atom. The van der Waals surface area contributed by atoms with Crippen molar-refractivity contribution >= 4 is 11.7 Å². The zero-order valence-corrected chi connectivity index (χ0v) is 8.66. The fraction of sp³-hybridized carbons (Fsp3) is 0.778. The van der Waals surface area contributed by atoms with Crippen LogP contribution in [0.3, 0.4) is 0 Å². The summed E-state index contributed by atoms with van der Waals surface area (Å²) in [4.78, 5) is 26.7. The quantitative estimate of drug-likeness (QED) is 0.603. The SMILES string of the molecule is CON(C)C(=O)CCC(C)C(C)=O. The molecule has 0 spiro atoms.